The van der Waals surface area contributed by atoms with E-state index in [0.29, 0.717) is 12.6 Å². The molecule has 96 valence electrons. The molecular weight excluding hydrogens is 246 g/mol. The van der Waals surface area contributed by atoms with Gasteiger partial charge in [-0.05, 0) is 31.9 Å². The molecule has 0 radical (unpaired) electrons. The van der Waals surface area contributed by atoms with E-state index in [-0.39, 0.29) is 0 Å². The van der Waals surface area contributed by atoms with Crippen LogP contribution in [0.15, 0.2) is 12.4 Å². The van der Waals surface area contributed by atoms with Crippen LogP contribution in [0.1, 0.15) is 24.6 Å². The van der Waals surface area contributed by atoms with Gasteiger partial charge in [0.1, 0.15) is 17.8 Å². The average molecular weight is 263 g/mol. The van der Waals surface area contributed by atoms with Gasteiger partial charge in [-0.15, -0.1) is 11.3 Å². The van der Waals surface area contributed by atoms with Crippen molar-refractivity contribution >= 4 is 21.6 Å². The first kappa shape index (κ1) is 11.9. The van der Waals surface area contributed by atoms with E-state index in [2.05, 4.69) is 28.3 Å². The Hall–Kier alpha value is -1.20. The van der Waals surface area contributed by atoms with E-state index in [9.17, 15) is 0 Å². The van der Waals surface area contributed by atoms with Crippen molar-refractivity contribution in [2.24, 2.45) is 0 Å². The van der Waals surface area contributed by atoms with Crippen LogP contribution in [0.3, 0.4) is 0 Å². The SMILES string of the molecule is CCc1cc2c(OCC3CCCN3)ncnc2s1. The summed E-state index contributed by atoms with van der Waals surface area (Å²) in [4.78, 5) is 10.9. The predicted octanol–water partition coefficient (Wildman–Crippen LogP) is 2.38. The molecule has 0 bridgehead atoms. The summed E-state index contributed by atoms with van der Waals surface area (Å²) in [7, 11) is 0. The highest BCUT2D eigenvalue weighted by molar-refractivity contribution is 7.18. The van der Waals surface area contributed by atoms with Crippen LogP contribution >= 0.6 is 11.3 Å². The second-order valence-corrected chi connectivity index (χ2v) is 5.68. The molecule has 1 unspecified atom stereocenters. The normalized spacial score (nSPS) is 19.5. The van der Waals surface area contributed by atoms with E-state index in [1.54, 1.807) is 17.7 Å². The lowest BCUT2D eigenvalue weighted by atomic mass is 10.2. The third-order valence-electron chi connectivity index (χ3n) is 3.28. The molecule has 1 atom stereocenters. The molecule has 1 aliphatic heterocycles. The van der Waals surface area contributed by atoms with Gasteiger partial charge in [0.15, 0.2) is 0 Å². The molecule has 3 rings (SSSR count). The monoisotopic (exact) mass is 263 g/mol. The van der Waals surface area contributed by atoms with Crippen molar-refractivity contribution in [2.75, 3.05) is 13.2 Å². The van der Waals surface area contributed by atoms with Gasteiger partial charge in [0.05, 0.1) is 5.39 Å². The summed E-state index contributed by atoms with van der Waals surface area (Å²) in [5, 5.41) is 4.48. The van der Waals surface area contributed by atoms with E-state index in [1.807, 2.05) is 0 Å². The maximum atomic E-state index is 5.85. The van der Waals surface area contributed by atoms with Crippen LogP contribution in [0.5, 0.6) is 5.88 Å². The third kappa shape index (κ3) is 2.33. The number of nitrogens with one attached hydrogen (secondary N) is 1. The summed E-state index contributed by atoms with van der Waals surface area (Å²) in [6.07, 6.45) is 5.06. The third-order valence-corrected chi connectivity index (χ3v) is 4.46. The molecule has 0 aromatic carbocycles. The molecule has 5 heteroatoms. The van der Waals surface area contributed by atoms with Crippen LogP contribution in [-0.4, -0.2) is 29.2 Å². The second-order valence-electron chi connectivity index (χ2n) is 4.57. The number of hydrogen-bond acceptors (Lipinski definition) is 5. The lowest BCUT2D eigenvalue weighted by Crippen LogP contribution is -2.28. The fraction of sp³-hybridized carbons (Fsp3) is 0.538. The van der Waals surface area contributed by atoms with E-state index >= 15 is 0 Å². The zero-order valence-corrected chi connectivity index (χ0v) is 11.3. The van der Waals surface area contributed by atoms with Gasteiger partial charge in [0.2, 0.25) is 5.88 Å². The molecule has 4 nitrogen and oxygen atoms in total. The van der Waals surface area contributed by atoms with Crippen molar-refractivity contribution in [3.63, 3.8) is 0 Å². The molecule has 1 fully saturated rings. The predicted molar refractivity (Wildman–Crippen MR) is 73.3 cm³/mol. The number of nitrogens with zero attached hydrogens (tertiary/aromatic N) is 2. The number of ether oxygens (including phenoxy) is 1. The van der Waals surface area contributed by atoms with Crippen LogP contribution in [0.25, 0.3) is 10.2 Å². The van der Waals surface area contributed by atoms with Crippen LogP contribution in [-0.2, 0) is 6.42 Å². The van der Waals surface area contributed by atoms with Crippen molar-refractivity contribution in [3.05, 3.63) is 17.3 Å². The molecule has 1 aliphatic rings. The van der Waals surface area contributed by atoms with Gasteiger partial charge in [0.25, 0.3) is 0 Å². The Balaban J connectivity index is 1.79. The Kier molecular flexibility index (Phi) is 3.43. The minimum absolute atomic E-state index is 0.472. The summed E-state index contributed by atoms with van der Waals surface area (Å²) in [5.41, 5.74) is 0. The van der Waals surface area contributed by atoms with Crippen LogP contribution in [0, 0.1) is 0 Å². The number of fused-ring (bicyclic) bond motifs is 1. The van der Waals surface area contributed by atoms with E-state index in [0.717, 1.165) is 29.1 Å². The van der Waals surface area contributed by atoms with Crippen LogP contribution < -0.4 is 10.1 Å². The van der Waals surface area contributed by atoms with E-state index < -0.39 is 0 Å². The lowest BCUT2D eigenvalue weighted by molar-refractivity contribution is 0.270. The lowest BCUT2D eigenvalue weighted by Gasteiger charge is -2.11. The molecule has 0 aliphatic carbocycles. The van der Waals surface area contributed by atoms with Crippen LogP contribution in [0.4, 0.5) is 0 Å². The highest BCUT2D eigenvalue weighted by Gasteiger charge is 2.16. The van der Waals surface area contributed by atoms with Gasteiger partial charge >= 0.3 is 0 Å². The quantitative estimate of drug-likeness (QED) is 0.920. The molecule has 1 N–H and O–H groups in total. The first-order chi connectivity index (χ1) is 8.86. The number of thiophene rings is 1. The Labute approximate surface area is 110 Å². The van der Waals surface area contributed by atoms with E-state index in [1.165, 1.54) is 17.7 Å². The molecule has 3 heterocycles. The fourth-order valence-electron chi connectivity index (χ4n) is 2.25. The zero-order valence-electron chi connectivity index (χ0n) is 10.5. The second kappa shape index (κ2) is 5.20. The number of aromatic nitrogens is 2. The smallest absolute Gasteiger partial charge is 0.225 e. The largest absolute Gasteiger partial charge is 0.475 e. The van der Waals surface area contributed by atoms with Crippen LogP contribution in [0.2, 0.25) is 0 Å². The number of rotatable bonds is 4. The Bertz CT molecular complexity index is 534. The minimum Gasteiger partial charge on any atom is -0.475 e. The Morgan fingerprint density at radius 2 is 2.44 bits per heavy atom. The Morgan fingerprint density at radius 1 is 1.50 bits per heavy atom. The van der Waals surface area contributed by atoms with Gasteiger partial charge in [-0.1, -0.05) is 6.92 Å². The summed E-state index contributed by atoms with van der Waals surface area (Å²) in [6.45, 7) is 3.95. The summed E-state index contributed by atoms with van der Waals surface area (Å²) >= 11 is 1.72. The minimum atomic E-state index is 0.472. The first-order valence-electron chi connectivity index (χ1n) is 6.46. The number of hydrogen-bond donors (Lipinski definition) is 1. The maximum absolute atomic E-state index is 5.85. The van der Waals surface area contributed by atoms with Gasteiger partial charge in [-0.3, -0.25) is 0 Å². The summed E-state index contributed by atoms with van der Waals surface area (Å²) < 4.78 is 5.85. The zero-order chi connectivity index (χ0) is 12.4. The molecule has 0 saturated carbocycles. The summed E-state index contributed by atoms with van der Waals surface area (Å²) in [6, 6.07) is 2.62. The standard InChI is InChI=1S/C13H17N3OS/c1-2-10-6-11-12(15-8-16-13(11)18-10)17-7-9-4-3-5-14-9/h6,8-9,14H,2-5,7H2,1H3. The first-order valence-corrected chi connectivity index (χ1v) is 7.28. The summed E-state index contributed by atoms with van der Waals surface area (Å²) in [5.74, 6) is 0.727. The van der Waals surface area contributed by atoms with Gasteiger partial charge < -0.3 is 10.1 Å². The van der Waals surface area contributed by atoms with Crippen molar-refractivity contribution in [1.82, 2.24) is 15.3 Å². The molecule has 0 amide bonds. The molecule has 0 spiro atoms. The fourth-order valence-corrected chi connectivity index (χ4v) is 3.18. The van der Waals surface area contributed by atoms with E-state index in [4.69, 9.17) is 4.74 Å². The average Bonchev–Trinajstić information content (AvgIpc) is 3.04. The molecule has 1 saturated heterocycles. The van der Waals surface area contributed by atoms with Crippen molar-refractivity contribution in [3.8, 4) is 5.88 Å². The molecule has 18 heavy (non-hydrogen) atoms. The van der Waals surface area contributed by atoms with Gasteiger partial charge in [-0.2, -0.15) is 0 Å². The highest BCUT2D eigenvalue weighted by Crippen LogP contribution is 2.29. The molecule has 2 aromatic rings. The number of aryl methyl sites for hydroxylation is 1. The topological polar surface area (TPSA) is 47.0 Å². The van der Waals surface area contributed by atoms with Crippen molar-refractivity contribution < 1.29 is 4.74 Å². The molecule has 2 aromatic heterocycles. The van der Waals surface area contributed by atoms with Gasteiger partial charge in [-0.25, -0.2) is 9.97 Å². The molecular formula is C13H17N3OS. The van der Waals surface area contributed by atoms with Crippen molar-refractivity contribution in [1.29, 1.82) is 0 Å². The maximum Gasteiger partial charge on any atom is 0.225 e. The van der Waals surface area contributed by atoms with Crippen molar-refractivity contribution in [2.45, 2.75) is 32.2 Å². The highest BCUT2D eigenvalue weighted by atomic mass is 32.1. The Morgan fingerprint density at radius 3 is 3.22 bits per heavy atom. The van der Waals surface area contributed by atoms with Gasteiger partial charge in [0, 0.05) is 10.9 Å².